The molecule has 1 fully saturated rings. The standard InChI is InChI=1S/C20H31FN4O2.HI/c1-22-20(25(2)12-7-16-8-13-27-14-9-16)24-11-10-23-19(26)15-17-3-5-18(21)6-4-17;/h3-6,16H,7-15H2,1-2H3,(H,22,24)(H,23,26);1H. The molecule has 1 aromatic carbocycles. The topological polar surface area (TPSA) is 66.0 Å². The zero-order chi connectivity index (χ0) is 19.5. The lowest BCUT2D eigenvalue weighted by Gasteiger charge is -2.26. The minimum atomic E-state index is -0.296. The summed E-state index contributed by atoms with van der Waals surface area (Å²) in [5.74, 6) is 1.18. The molecule has 1 amide bonds. The Morgan fingerprint density at radius 3 is 2.50 bits per heavy atom. The van der Waals surface area contributed by atoms with Gasteiger partial charge < -0.3 is 20.3 Å². The van der Waals surface area contributed by atoms with Crippen LogP contribution < -0.4 is 10.6 Å². The fourth-order valence-electron chi connectivity index (χ4n) is 3.13. The molecular weight excluding hydrogens is 474 g/mol. The van der Waals surface area contributed by atoms with Gasteiger partial charge in [-0.15, -0.1) is 24.0 Å². The van der Waals surface area contributed by atoms with E-state index in [9.17, 15) is 9.18 Å². The molecule has 1 aliphatic rings. The average molecular weight is 506 g/mol. The minimum absolute atomic E-state index is 0. The van der Waals surface area contributed by atoms with Gasteiger partial charge in [0.2, 0.25) is 5.91 Å². The van der Waals surface area contributed by atoms with E-state index in [2.05, 4.69) is 20.5 Å². The highest BCUT2D eigenvalue weighted by Gasteiger charge is 2.15. The van der Waals surface area contributed by atoms with Crippen LogP contribution >= 0.6 is 24.0 Å². The highest BCUT2D eigenvalue weighted by molar-refractivity contribution is 14.0. The van der Waals surface area contributed by atoms with Crippen LogP contribution in [0.5, 0.6) is 0 Å². The predicted octanol–water partition coefficient (Wildman–Crippen LogP) is 2.43. The van der Waals surface area contributed by atoms with Crippen LogP contribution in [0.1, 0.15) is 24.8 Å². The Hall–Kier alpha value is -1.42. The number of aliphatic imine (C=N–C) groups is 1. The Morgan fingerprint density at radius 1 is 1.21 bits per heavy atom. The first-order valence-corrected chi connectivity index (χ1v) is 9.59. The number of rotatable bonds is 8. The Morgan fingerprint density at radius 2 is 1.86 bits per heavy atom. The molecule has 0 atom stereocenters. The van der Waals surface area contributed by atoms with E-state index >= 15 is 0 Å². The number of amides is 1. The molecule has 0 radical (unpaired) electrons. The molecule has 28 heavy (non-hydrogen) atoms. The van der Waals surface area contributed by atoms with Crippen LogP contribution in [0.2, 0.25) is 0 Å². The Kier molecular flexibility index (Phi) is 12.1. The van der Waals surface area contributed by atoms with Gasteiger partial charge in [0.25, 0.3) is 0 Å². The summed E-state index contributed by atoms with van der Waals surface area (Å²) in [5.41, 5.74) is 0.797. The second-order valence-corrected chi connectivity index (χ2v) is 6.89. The van der Waals surface area contributed by atoms with Crippen molar-refractivity contribution in [1.82, 2.24) is 15.5 Å². The Balaban J connectivity index is 0.00000392. The lowest BCUT2D eigenvalue weighted by Crippen LogP contribution is -2.43. The van der Waals surface area contributed by atoms with Gasteiger partial charge in [0.1, 0.15) is 5.82 Å². The van der Waals surface area contributed by atoms with Crippen LogP contribution in [-0.4, -0.2) is 63.7 Å². The normalized spacial score (nSPS) is 14.9. The summed E-state index contributed by atoms with van der Waals surface area (Å²) in [7, 11) is 3.79. The second-order valence-electron chi connectivity index (χ2n) is 6.89. The van der Waals surface area contributed by atoms with Crippen molar-refractivity contribution in [2.45, 2.75) is 25.7 Å². The summed E-state index contributed by atoms with van der Waals surface area (Å²) < 4.78 is 18.3. The highest BCUT2D eigenvalue weighted by atomic mass is 127. The van der Waals surface area contributed by atoms with Crippen molar-refractivity contribution >= 4 is 35.8 Å². The van der Waals surface area contributed by atoms with Gasteiger partial charge in [-0.1, -0.05) is 12.1 Å². The lowest BCUT2D eigenvalue weighted by molar-refractivity contribution is -0.120. The molecule has 2 rings (SSSR count). The van der Waals surface area contributed by atoms with Crippen LogP contribution in [0.4, 0.5) is 4.39 Å². The zero-order valence-corrected chi connectivity index (χ0v) is 19.1. The van der Waals surface area contributed by atoms with Gasteiger partial charge >= 0.3 is 0 Å². The number of hydrogen-bond donors (Lipinski definition) is 2. The highest BCUT2D eigenvalue weighted by Crippen LogP contribution is 2.18. The summed E-state index contributed by atoms with van der Waals surface area (Å²) in [6.45, 7) is 3.80. The fourth-order valence-corrected chi connectivity index (χ4v) is 3.13. The Bertz CT molecular complexity index is 607. The number of ether oxygens (including phenoxy) is 1. The van der Waals surface area contributed by atoms with Crippen LogP contribution in [0.15, 0.2) is 29.3 Å². The number of halogens is 2. The number of hydrogen-bond acceptors (Lipinski definition) is 3. The molecule has 1 aliphatic heterocycles. The molecule has 0 bridgehead atoms. The van der Waals surface area contributed by atoms with Crippen molar-refractivity contribution in [2.75, 3.05) is 46.9 Å². The van der Waals surface area contributed by atoms with Crippen LogP contribution in [0, 0.1) is 11.7 Å². The van der Waals surface area contributed by atoms with Crippen LogP contribution in [0.25, 0.3) is 0 Å². The summed E-state index contributed by atoms with van der Waals surface area (Å²) in [5, 5.41) is 6.14. The summed E-state index contributed by atoms with van der Waals surface area (Å²) in [4.78, 5) is 18.4. The summed E-state index contributed by atoms with van der Waals surface area (Å²) >= 11 is 0. The molecule has 6 nitrogen and oxygen atoms in total. The van der Waals surface area contributed by atoms with E-state index in [1.165, 1.54) is 12.1 Å². The number of nitrogens with zero attached hydrogens (tertiary/aromatic N) is 2. The number of guanidine groups is 1. The van der Waals surface area contributed by atoms with Crippen molar-refractivity contribution in [3.8, 4) is 0 Å². The molecule has 0 aliphatic carbocycles. The molecule has 2 N–H and O–H groups in total. The third kappa shape index (κ3) is 9.18. The quantitative estimate of drug-likeness (QED) is 0.246. The third-order valence-electron chi connectivity index (χ3n) is 4.80. The van der Waals surface area contributed by atoms with E-state index in [1.807, 2.05) is 7.05 Å². The average Bonchev–Trinajstić information content (AvgIpc) is 2.69. The van der Waals surface area contributed by atoms with Gasteiger partial charge in [-0.25, -0.2) is 4.39 Å². The molecule has 1 heterocycles. The van der Waals surface area contributed by atoms with Crippen molar-refractivity contribution in [2.24, 2.45) is 10.9 Å². The van der Waals surface area contributed by atoms with Gasteiger partial charge in [0.15, 0.2) is 5.96 Å². The van der Waals surface area contributed by atoms with Crippen molar-refractivity contribution < 1.29 is 13.9 Å². The SMILES string of the molecule is CN=C(NCCNC(=O)Cc1ccc(F)cc1)N(C)CCC1CCOCC1.I. The number of benzene rings is 1. The van der Waals surface area contributed by atoms with Crippen molar-refractivity contribution in [1.29, 1.82) is 0 Å². The van der Waals surface area contributed by atoms with Gasteiger partial charge in [0.05, 0.1) is 6.42 Å². The first-order valence-electron chi connectivity index (χ1n) is 9.59. The molecule has 1 aromatic rings. The molecule has 0 saturated carbocycles. The minimum Gasteiger partial charge on any atom is -0.381 e. The zero-order valence-electron chi connectivity index (χ0n) is 16.7. The summed E-state index contributed by atoms with van der Waals surface area (Å²) in [6.07, 6.45) is 3.66. The van der Waals surface area contributed by atoms with Gasteiger partial charge in [-0.3, -0.25) is 9.79 Å². The van der Waals surface area contributed by atoms with Gasteiger partial charge in [-0.2, -0.15) is 0 Å². The second kappa shape index (κ2) is 13.7. The Labute approximate surface area is 184 Å². The lowest BCUT2D eigenvalue weighted by atomic mass is 9.96. The largest absolute Gasteiger partial charge is 0.381 e. The predicted molar refractivity (Wildman–Crippen MR) is 121 cm³/mol. The smallest absolute Gasteiger partial charge is 0.224 e. The number of nitrogens with one attached hydrogen (secondary N) is 2. The monoisotopic (exact) mass is 506 g/mol. The third-order valence-corrected chi connectivity index (χ3v) is 4.80. The number of carbonyl (C=O) groups is 1. The van der Waals surface area contributed by atoms with E-state index in [4.69, 9.17) is 4.74 Å². The van der Waals surface area contributed by atoms with E-state index in [0.717, 1.165) is 56.5 Å². The maximum atomic E-state index is 12.9. The van der Waals surface area contributed by atoms with E-state index < -0.39 is 0 Å². The maximum Gasteiger partial charge on any atom is 0.224 e. The fraction of sp³-hybridized carbons (Fsp3) is 0.600. The molecule has 0 aromatic heterocycles. The van der Waals surface area contributed by atoms with Crippen LogP contribution in [0.3, 0.4) is 0 Å². The molecule has 0 unspecified atom stereocenters. The maximum absolute atomic E-state index is 12.9. The van der Waals surface area contributed by atoms with E-state index in [1.54, 1.807) is 19.2 Å². The first-order chi connectivity index (χ1) is 13.1. The molecular formula is C20H32FIN4O2. The van der Waals surface area contributed by atoms with Crippen molar-refractivity contribution in [3.63, 3.8) is 0 Å². The van der Waals surface area contributed by atoms with E-state index in [-0.39, 0.29) is 42.1 Å². The summed E-state index contributed by atoms with van der Waals surface area (Å²) in [6, 6.07) is 5.99. The molecule has 158 valence electrons. The van der Waals surface area contributed by atoms with Crippen LogP contribution in [-0.2, 0) is 16.0 Å². The molecule has 1 saturated heterocycles. The number of carbonyl (C=O) groups excluding carboxylic acids is 1. The first kappa shape index (κ1) is 24.6. The van der Waals surface area contributed by atoms with Gasteiger partial charge in [0, 0.05) is 46.9 Å². The van der Waals surface area contributed by atoms with Crippen molar-refractivity contribution in [3.05, 3.63) is 35.6 Å². The van der Waals surface area contributed by atoms with Gasteiger partial charge in [-0.05, 0) is 42.9 Å². The molecule has 0 spiro atoms. The van der Waals surface area contributed by atoms with E-state index in [0.29, 0.717) is 13.1 Å². The molecule has 8 heteroatoms.